The fraction of sp³-hybridized carbons (Fsp3) is 0.800. The van der Waals surface area contributed by atoms with Crippen LogP contribution >= 0.6 is 0 Å². The number of unbranched alkanes of at least 4 members (excludes halogenated alkanes) is 5. The van der Waals surface area contributed by atoms with Crippen LogP contribution in [0.1, 0.15) is 110 Å². The maximum Gasteiger partial charge on any atom is 0.305 e. The molecule has 0 bridgehead atoms. The standard InChI is InChI=1S/C25H43FO2/c1-4-13-22(20-21(2)26)14-8-7-10-16-24-18-12-17-23(24)15-9-5-6-11-19-25(27)28-3/h13,20,23-24H,4-12,14-19H2,1-3H3/b21-20+,22-13-/t23-,24?/m0/s1. The highest BCUT2D eigenvalue weighted by molar-refractivity contribution is 5.68. The quantitative estimate of drug-likeness (QED) is 0.159. The van der Waals surface area contributed by atoms with E-state index in [-0.39, 0.29) is 11.8 Å². The Morgan fingerprint density at radius 1 is 0.964 bits per heavy atom. The summed E-state index contributed by atoms with van der Waals surface area (Å²) in [5.41, 5.74) is 1.16. The first-order chi connectivity index (χ1) is 13.6. The van der Waals surface area contributed by atoms with E-state index in [1.54, 1.807) is 6.08 Å². The van der Waals surface area contributed by atoms with Crippen LogP contribution in [0.2, 0.25) is 0 Å². The van der Waals surface area contributed by atoms with E-state index in [0.29, 0.717) is 6.42 Å². The number of esters is 1. The fourth-order valence-electron chi connectivity index (χ4n) is 4.67. The van der Waals surface area contributed by atoms with Gasteiger partial charge in [-0.25, -0.2) is 4.39 Å². The topological polar surface area (TPSA) is 26.3 Å². The molecule has 1 rings (SSSR count). The molecular weight excluding hydrogens is 351 g/mol. The van der Waals surface area contributed by atoms with Crippen LogP contribution in [-0.4, -0.2) is 13.1 Å². The summed E-state index contributed by atoms with van der Waals surface area (Å²) in [6, 6.07) is 0. The summed E-state index contributed by atoms with van der Waals surface area (Å²) >= 11 is 0. The van der Waals surface area contributed by atoms with Crippen molar-refractivity contribution in [2.75, 3.05) is 7.11 Å². The van der Waals surface area contributed by atoms with Gasteiger partial charge in [0.1, 0.15) is 0 Å². The zero-order chi connectivity index (χ0) is 20.6. The van der Waals surface area contributed by atoms with E-state index in [1.807, 2.05) is 0 Å². The zero-order valence-electron chi connectivity index (χ0n) is 18.6. The normalized spacial score (nSPS) is 20.6. The van der Waals surface area contributed by atoms with Gasteiger partial charge in [0.05, 0.1) is 12.9 Å². The average Bonchev–Trinajstić information content (AvgIpc) is 3.11. The number of halogens is 1. The molecule has 0 N–H and O–H groups in total. The SMILES string of the molecule is CC/C=C(\C=C(/C)F)CCCCCC1CCC[C@@H]1CCCCCCC(=O)OC. The minimum Gasteiger partial charge on any atom is -0.469 e. The third-order valence-electron chi connectivity index (χ3n) is 6.14. The van der Waals surface area contributed by atoms with Crippen LogP contribution in [0.3, 0.4) is 0 Å². The lowest BCUT2D eigenvalue weighted by Gasteiger charge is -2.19. The number of methoxy groups -OCH3 is 1. The molecule has 162 valence electrons. The van der Waals surface area contributed by atoms with Gasteiger partial charge in [0.15, 0.2) is 0 Å². The predicted octanol–water partition coefficient (Wildman–Crippen LogP) is 8.08. The fourth-order valence-corrected chi connectivity index (χ4v) is 4.67. The van der Waals surface area contributed by atoms with Crippen molar-refractivity contribution in [3.8, 4) is 0 Å². The molecule has 0 aliphatic heterocycles. The largest absolute Gasteiger partial charge is 0.469 e. The molecule has 0 heterocycles. The first kappa shape index (κ1) is 24.9. The second-order valence-electron chi connectivity index (χ2n) is 8.50. The van der Waals surface area contributed by atoms with Crippen LogP contribution in [0, 0.1) is 11.8 Å². The third-order valence-corrected chi connectivity index (χ3v) is 6.14. The summed E-state index contributed by atoms with van der Waals surface area (Å²) < 4.78 is 17.8. The number of carbonyl (C=O) groups excluding carboxylic acids is 1. The van der Waals surface area contributed by atoms with Gasteiger partial charge < -0.3 is 4.74 Å². The molecule has 1 fully saturated rings. The Kier molecular flexibility index (Phi) is 14.0. The predicted molar refractivity (Wildman–Crippen MR) is 117 cm³/mol. The smallest absolute Gasteiger partial charge is 0.305 e. The van der Waals surface area contributed by atoms with Crippen molar-refractivity contribution in [2.45, 2.75) is 110 Å². The summed E-state index contributed by atoms with van der Waals surface area (Å²) in [7, 11) is 1.46. The summed E-state index contributed by atoms with van der Waals surface area (Å²) in [6.45, 7) is 3.64. The van der Waals surface area contributed by atoms with E-state index < -0.39 is 0 Å². The van der Waals surface area contributed by atoms with Crippen LogP contribution in [0.5, 0.6) is 0 Å². The van der Waals surface area contributed by atoms with Crippen LogP contribution in [0.15, 0.2) is 23.6 Å². The molecule has 1 aliphatic rings. The molecule has 28 heavy (non-hydrogen) atoms. The zero-order valence-corrected chi connectivity index (χ0v) is 18.6. The number of hydrogen-bond donors (Lipinski definition) is 0. The van der Waals surface area contributed by atoms with Crippen molar-refractivity contribution in [1.82, 2.24) is 0 Å². The average molecular weight is 395 g/mol. The highest BCUT2D eigenvalue weighted by atomic mass is 19.1. The van der Waals surface area contributed by atoms with E-state index in [9.17, 15) is 9.18 Å². The molecule has 0 amide bonds. The molecule has 0 spiro atoms. The van der Waals surface area contributed by atoms with Crippen LogP contribution in [-0.2, 0) is 9.53 Å². The Morgan fingerprint density at radius 3 is 2.11 bits per heavy atom. The first-order valence-electron chi connectivity index (χ1n) is 11.7. The number of carbonyl (C=O) groups is 1. The molecule has 1 unspecified atom stereocenters. The lowest BCUT2D eigenvalue weighted by molar-refractivity contribution is -0.140. The van der Waals surface area contributed by atoms with Crippen molar-refractivity contribution in [1.29, 1.82) is 0 Å². The monoisotopic (exact) mass is 394 g/mol. The van der Waals surface area contributed by atoms with Crippen LogP contribution in [0.25, 0.3) is 0 Å². The van der Waals surface area contributed by atoms with Gasteiger partial charge in [0.25, 0.3) is 0 Å². The van der Waals surface area contributed by atoms with Gasteiger partial charge in [0.2, 0.25) is 0 Å². The molecule has 0 radical (unpaired) electrons. The molecule has 0 aromatic heterocycles. The van der Waals surface area contributed by atoms with Gasteiger partial charge in [0, 0.05) is 6.42 Å². The van der Waals surface area contributed by atoms with Crippen molar-refractivity contribution in [3.63, 3.8) is 0 Å². The Hall–Kier alpha value is -1.12. The highest BCUT2D eigenvalue weighted by Crippen LogP contribution is 2.38. The van der Waals surface area contributed by atoms with E-state index in [4.69, 9.17) is 0 Å². The highest BCUT2D eigenvalue weighted by Gasteiger charge is 2.25. The minimum atomic E-state index is -0.0845. The number of hydrogen-bond acceptors (Lipinski definition) is 2. The van der Waals surface area contributed by atoms with Gasteiger partial charge in [-0.2, -0.15) is 0 Å². The van der Waals surface area contributed by atoms with Crippen LogP contribution in [0.4, 0.5) is 4.39 Å². The third kappa shape index (κ3) is 11.7. The van der Waals surface area contributed by atoms with Crippen molar-refractivity contribution in [3.05, 3.63) is 23.6 Å². The molecule has 0 aromatic rings. The summed E-state index contributed by atoms with van der Waals surface area (Å²) in [4.78, 5) is 11.1. The number of rotatable bonds is 15. The molecule has 3 heteroatoms. The first-order valence-corrected chi connectivity index (χ1v) is 11.7. The molecule has 0 saturated heterocycles. The molecular formula is C25H43FO2. The Labute approximate surface area is 173 Å². The molecule has 1 saturated carbocycles. The van der Waals surface area contributed by atoms with Gasteiger partial charge in [-0.3, -0.25) is 4.79 Å². The summed E-state index contributed by atoms with van der Waals surface area (Å²) in [6.07, 6.45) is 21.8. The van der Waals surface area contributed by atoms with Crippen molar-refractivity contribution < 1.29 is 13.9 Å². The Morgan fingerprint density at radius 2 is 1.54 bits per heavy atom. The van der Waals surface area contributed by atoms with Crippen molar-refractivity contribution in [2.24, 2.45) is 11.8 Å². The van der Waals surface area contributed by atoms with E-state index in [2.05, 4.69) is 17.7 Å². The number of allylic oxidation sites excluding steroid dienone is 4. The number of ether oxygens (including phenoxy) is 1. The lowest BCUT2D eigenvalue weighted by Crippen LogP contribution is -2.08. The minimum absolute atomic E-state index is 0.0796. The maximum absolute atomic E-state index is 13.1. The van der Waals surface area contributed by atoms with E-state index in [1.165, 1.54) is 78.2 Å². The molecule has 2 atom stereocenters. The maximum atomic E-state index is 13.1. The second-order valence-corrected chi connectivity index (χ2v) is 8.50. The second kappa shape index (κ2) is 15.8. The van der Waals surface area contributed by atoms with Gasteiger partial charge in [-0.05, 0) is 56.1 Å². The van der Waals surface area contributed by atoms with E-state index in [0.717, 1.165) is 43.1 Å². The molecule has 0 aromatic carbocycles. The Balaban J connectivity index is 2.13. The lowest BCUT2D eigenvalue weighted by atomic mass is 9.86. The Bertz CT molecular complexity index is 477. The van der Waals surface area contributed by atoms with Gasteiger partial charge in [-0.1, -0.05) is 77.2 Å². The molecule has 1 aliphatic carbocycles. The van der Waals surface area contributed by atoms with Crippen molar-refractivity contribution >= 4 is 5.97 Å². The van der Waals surface area contributed by atoms with Gasteiger partial charge >= 0.3 is 5.97 Å². The summed E-state index contributed by atoms with van der Waals surface area (Å²) in [5.74, 6) is 1.68. The van der Waals surface area contributed by atoms with Gasteiger partial charge in [-0.15, -0.1) is 0 Å². The molecule has 2 nitrogen and oxygen atoms in total. The summed E-state index contributed by atoms with van der Waals surface area (Å²) in [5, 5.41) is 0. The van der Waals surface area contributed by atoms with Crippen LogP contribution < -0.4 is 0 Å². The van der Waals surface area contributed by atoms with E-state index >= 15 is 0 Å².